The fourth-order valence-electron chi connectivity index (χ4n) is 3.84. The highest BCUT2D eigenvalue weighted by Gasteiger charge is 2.52. The Kier molecular flexibility index (Phi) is 7.46. The first-order chi connectivity index (χ1) is 16.0. The van der Waals surface area contributed by atoms with Crippen molar-refractivity contribution in [3.05, 3.63) is 24.3 Å². The monoisotopic (exact) mass is 496 g/mol. The first-order valence-electron chi connectivity index (χ1n) is 10.8. The summed E-state index contributed by atoms with van der Waals surface area (Å²) < 4.78 is 36.8. The Morgan fingerprint density at radius 3 is 2.41 bits per heavy atom. The lowest BCUT2D eigenvalue weighted by molar-refractivity contribution is -0.151. The summed E-state index contributed by atoms with van der Waals surface area (Å²) in [5.41, 5.74) is 1.12. The number of urea groups is 1. The molecule has 1 saturated carbocycles. The van der Waals surface area contributed by atoms with Gasteiger partial charge in [-0.05, 0) is 62.8 Å². The number of hydrogen-bond acceptors (Lipinski definition) is 8. The number of amides is 4. The number of nitrogens with zero attached hydrogens (tertiary/aromatic N) is 1. The Morgan fingerprint density at radius 1 is 1.21 bits per heavy atom. The number of rotatable bonds is 8. The van der Waals surface area contributed by atoms with Crippen LogP contribution in [0.1, 0.15) is 39.5 Å². The maximum atomic E-state index is 12.7. The van der Waals surface area contributed by atoms with Crippen LogP contribution in [0, 0.1) is 5.92 Å². The van der Waals surface area contributed by atoms with Crippen molar-refractivity contribution in [1.82, 2.24) is 20.5 Å². The minimum absolute atomic E-state index is 0.0877. The van der Waals surface area contributed by atoms with Crippen molar-refractivity contribution < 1.29 is 37.1 Å². The van der Waals surface area contributed by atoms with Gasteiger partial charge in [-0.1, -0.05) is 6.92 Å². The Morgan fingerprint density at radius 2 is 1.82 bits per heavy atom. The standard InChI is InChI=1S/C21H28N4O8S/c1-13-8-10-21(11-9-13)19(28)25(20(29)22-21)23-17(26)12-33-18(27)14(2)24-34(30,31)16-6-4-15(32-3)5-7-16/h4-7,13-14,24H,8-12H2,1-3H3,(H,22,29)(H,23,26)/t13?,14-,21?/m0/s1. The summed E-state index contributed by atoms with van der Waals surface area (Å²) in [6.07, 6.45) is 2.50. The van der Waals surface area contributed by atoms with Crippen LogP contribution < -0.4 is 20.2 Å². The van der Waals surface area contributed by atoms with Crippen LogP contribution in [0.2, 0.25) is 0 Å². The summed E-state index contributed by atoms with van der Waals surface area (Å²) in [6, 6.07) is 3.48. The van der Waals surface area contributed by atoms with Crippen molar-refractivity contribution in [2.75, 3.05) is 13.7 Å². The van der Waals surface area contributed by atoms with E-state index in [0.29, 0.717) is 29.5 Å². The average Bonchev–Trinajstić information content (AvgIpc) is 3.03. The van der Waals surface area contributed by atoms with E-state index in [1.807, 2.05) is 0 Å². The van der Waals surface area contributed by atoms with Crippen molar-refractivity contribution >= 4 is 33.8 Å². The lowest BCUT2D eigenvalue weighted by atomic mass is 9.77. The fraction of sp³-hybridized carbons (Fsp3) is 0.524. The van der Waals surface area contributed by atoms with E-state index in [9.17, 15) is 27.6 Å². The van der Waals surface area contributed by atoms with Crippen molar-refractivity contribution in [3.8, 4) is 5.75 Å². The summed E-state index contributed by atoms with van der Waals surface area (Å²) in [6.45, 7) is 2.52. The number of nitrogens with one attached hydrogen (secondary N) is 3. The summed E-state index contributed by atoms with van der Waals surface area (Å²) in [4.78, 5) is 49.3. The quantitative estimate of drug-likeness (QED) is 0.345. The van der Waals surface area contributed by atoms with Gasteiger partial charge in [-0.2, -0.15) is 9.73 Å². The molecule has 0 bridgehead atoms. The van der Waals surface area contributed by atoms with E-state index in [4.69, 9.17) is 9.47 Å². The molecule has 1 aromatic rings. The lowest BCUT2D eigenvalue weighted by Crippen LogP contribution is -2.52. The SMILES string of the molecule is COc1ccc(S(=O)(=O)N[C@@H](C)C(=O)OCC(=O)NN2C(=O)NC3(CCC(C)CC3)C2=O)cc1. The number of esters is 1. The molecule has 3 N–H and O–H groups in total. The molecule has 2 fully saturated rings. The van der Waals surface area contributed by atoms with Gasteiger partial charge in [0.2, 0.25) is 10.0 Å². The fourth-order valence-corrected chi connectivity index (χ4v) is 5.03. The van der Waals surface area contributed by atoms with Gasteiger partial charge in [0.25, 0.3) is 11.8 Å². The average molecular weight is 497 g/mol. The van der Waals surface area contributed by atoms with Gasteiger partial charge in [-0.3, -0.25) is 19.8 Å². The van der Waals surface area contributed by atoms with Gasteiger partial charge in [0.15, 0.2) is 6.61 Å². The van der Waals surface area contributed by atoms with Crippen LogP contribution in [0.5, 0.6) is 5.75 Å². The molecule has 0 unspecified atom stereocenters. The second-order valence-electron chi connectivity index (χ2n) is 8.50. The predicted octanol–water partition coefficient (Wildman–Crippen LogP) is 0.437. The number of sulfonamides is 1. The topological polar surface area (TPSA) is 160 Å². The third-order valence-corrected chi connectivity index (χ3v) is 7.48. The van der Waals surface area contributed by atoms with Gasteiger partial charge in [-0.15, -0.1) is 0 Å². The molecule has 1 spiro atoms. The molecule has 1 heterocycles. The van der Waals surface area contributed by atoms with Crippen molar-refractivity contribution in [1.29, 1.82) is 0 Å². The van der Waals surface area contributed by atoms with Crippen LogP contribution in [-0.4, -0.2) is 62.5 Å². The molecule has 12 nitrogen and oxygen atoms in total. The Bertz CT molecular complexity index is 1060. The number of carbonyl (C=O) groups excluding carboxylic acids is 4. The number of hydrazine groups is 1. The van der Waals surface area contributed by atoms with Gasteiger partial charge in [0, 0.05) is 0 Å². The maximum absolute atomic E-state index is 12.7. The van der Waals surface area contributed by atoms with Crippen LogP contribution in [0.3, 0.4) is 0 Å². The molecule has 1 saturated heterocycles. The summed E-state index contributed by atoms with van der Waals surface area (Å²) >= 11 is 0. The van der Waals surface area contributed by atoms with Gasteiger partial charge in [-0.25, -0.2) is 13.2 Å². The molecule has 0 aromatic heterocycles. The van der Waals surface area contributed by atoms with E-state index in [2.05, 4.69) is 22.4 Å². The number of hydrogen-bond donors (Lipinski definition) is 3. The molecular weight excluding hydrogens is 468 g/mol. The summed E-state index contributed by atoms with van der Waals surface area (Å²) in [5, 5.41) is 3.26. The molecule has 4 amide bonds. The van der Waals surface area contributed by atoms with Crippen LogP contribution >= 0.6 is 0 Å². The minimum Gasteiger partial charge on any atom is -0.497 e. The molecular formula is C21H28N4O8S. The van der Waals surface area contributed by atoms with Gasteiger partial charge < -0.3 is 14.8 Å². The van der Waals surface area contributed by atoms with Crippen LogP contribution in [0.15, 0.2) is 29.2 Å². The Hall–Kier alpha value is -3.19. The van der Waals surface area contributed by atoms with Crippen LogP contribution in [0.4, 0.5) is 4.79 Å². The van der Waals surface area contributed by atoms with Crippen molar-refractivity contribution in [3.63, 3.8) is 0 Å². The highest BCUT2D eigenvalue weighted by Crippen LogP contribution is 2.35. The maximum Gasteiger partial charge on any atom is 0.344 e. The van der Waals surface area contributed by atoms with E-state index in [0.717, 1.165) is 12.8 Å². The van der Waals surface area contributed by atoms with Crippen molar-refractivity contribution in [2.24, 2.45) is 5.92 Å². The molecule has 3 rings (SSSR count). The van der Waals surface area contributed by atoms with Crippen molar-refractivity contribution in [2.45, 2.75) is 56.0 Å². The van der Waals surface area contributed by atoms with E-state index in [1.54, 1.807) is 0 Å². The molecule has 2 aliphatic rings. The van der Waals surface area contributed by atoms with E-state index in [-0.39, 0.29) is 4.90 Å². The largest absolute Gasteiger partial charge is 0.497 e. The first kappa shape index (κ1) is 25.4. The number of benzene rings is 1. The highest BCUT2D eigenvalue weighted by atomic mass is 32.2. The third-order valence-electron chi connectivity index (χ3n) is 5.93. The number of imide groups is 1. The highest BCUT2D eigenvalue weighted by molar-refractivity contribution is 7.89. The molecule has 1 aliphatic heterocycles. The molecule has 1 atom stereocenters. The summed E-state index contributed by atoms with van der Waals surface area (Å²) in [5.74, 6) is -1.57. The zero-order valence-electron chi connectivity index (χ0n) is 19.1. The zero-order chi connectivity index (χ0) is 25.1. The molecule has 34 heavy (non-hydrogen) atoms. The molecule has 13 heteroatoms. The Balaban J connectivity index is 1.51. The van der Waals surface area contributed by atoms with E-state index in [1.165, 1.54) is 38.3 Å². The first-order valence-corrected chi connectivity index (χ1v) is 12.2. The molecule has 0 radical (unpaired) electrons. The van der Waals surface area contributed by atoms with E-state index < -0.39 is 52.0 Å². The predicted molar refractivity (Wildman–Crippen MR) is 118 cm³/mol. The third kappa shape index (κ3) is 5.47. The number of ether oxygens (including phenoxy) is 2. The lowest BCUT2D eigenvalue weighted by Gasteiger charge is -2.33. The molecule has 186 valence electrons. The smallest absolute Gasteiger partial charge is 0.344 e. The molecule has 1 aliphatic carbocycles. The number of methoxy groups -OCH3 is 1. The van der Waals surface area contributed by atoms with Crippen LogP contribution in [-0.2, 0) is 29.1 Å². The van der Waals surface area contributed by atoms with Gasteiger partial charge in [0.1, 0.15) is 17.3 Å². The second kappa shape index (κ2) is 9.97. The normalized spacial score (nSPS) is 23.4. The van der Waals surface area contributed by atoms with Gasteiger partial charge >= 0.3 is 12.0 Å². The molecule has 1 aromatic carbocycles. The minimum atomic E-state index is -4.03. The van der Waals surface area contributed by atoms with Gasteiger partial charge in [0.05, 0.1) is 12.0 Å². The Labute approximate surface area is 197 Å². The zero-order valence-corrected chi connectivity index (χ0v) is 19.9. The van der Waals surface area contributed by atoms with Crippen LogP contribution in [0.25, 0.3) is 0 Å². The second-order valence-corrected chi connectivity index (χ2v) is 10.2. The van der Waals surface area contributed by atoms with E-state index >= 15 is 0 Å². The number of carbonyl (C=O) groups is 4. The summed E-state index contributed by atoms with van der Waals surface area (Å²) in [7, 11) is -2.59.